The number of rotatable bonds is 6. The van der Waals surface area contributed by atoms with Crippen LogP contribution >= 0.6 is 11.8 Å². The molecule has 1 aromatic carbocycles. The number of amides is 1. The van der Waals surface area contributed by atoms with E-state index in [4.69, 9.17) is 4.74 Å². The number of carbonyl (C=O) groups excluding carboxylic acids is 2. The van der Waals surface area contributed by atoms with E-state index in [0.29, 0.717) is 0 Å². The summed E-state index contributed by atoms with van der Waals surface area (Å²) in [6.45, 7) is 5.25. The third kappa shape index (κ3) is 6.29. The van der Waals surface area contributed by atoms with Crippen molar-refractivity contribution in [2.45, 2.75) is 37.0 Å². The Morgan fingerprint density at radius 2 is 1.84 bits per heavy atom. The summed E-state index contributed by atoms with van der Waals surface area (Å²) >= 11 is 1.41. The second-order valence-electron chi connectivity index (χ2n) is 4.40. The summed E-state index contributed by atoms with van der Waals surface area (Å²) in [4.78, 5) is 24.1. The third-order valence-electron chi connectivity index (χ3n) is 2.18. The zero-order valence-electron chi connectivity index (χ0n) is 11.4. The van der Waals surface area contributed by atoms with Crippen LogP contribution in [0, 0.1) is 0 Å². The van der Waals surface area contributed by atoms with Gasteiger partial charge < -0.3 is 10.1 Å². The Morgan fingerprint density at radius 3 is 2.42 bits per heavy atom. The molecule has 0 heterocycles. The average Bonchev–Trinajstić information content (AvgIpc) is 2.36. The molecule has 0 radical (unpaired) electrons. The van der Waals surface area contributed by atoms with Gasteiger partial charge in [-0.15, -0.1) is 11.8 Å². The summed E-state index contributed by atoms with van der Waals surface area (Å²) in [7, 11) is 0. The van der Waals surface area contributed by atoms with E-state index < -0.39 is 0 Å². The van der Waals surface area contributed by atoms with E-state index >= 15 is 0 Å². The second-order valence-corrected chi connectivity index (χ2v) is 5.82. The average molecular weight is 281 g/mol. The fraction of sp³-hybridized carbons (Fsp3) is 0.429. The Labute approximate surface area is 117 Å². The van der Waals surface area contributed by atoms with Crippen molar-refractivity contribution in [3.8, 4) is 0 Å². The van der Waals surface area contributed by atoms with Gasteiger partial charge in [0.2, 0.25) is 0 Å². The van der Waals surface area contributed by atoms with E-state index in [1.807, 2.05) is 44.2 Å². The lowest BCUT2D eigenvalue weighted by atomic mass is 10.4. The van der Waals surface area contributed by atoms with Crippen molar-refractivity contribution in [2.75, 3.05) is 6.61 Å². The van der Waals surface area contributed by atoms with Gasteiger partial charge in [-0.1, -0.05) is 18.2 Å². The molecule has 0 spiro atoms. The first-order valence-corrected chi connectivity index (χ1v) is 7.04. The van der Waals surface area contributed by atoms with Crippen molar-refractivity contribution in [1.29, 1.82) is 0 Å². The predicted molar refractivity (Wildman–Crippen MR) is 76.0 cm³/mol. The molecule has 4 nitrogen and oxygen atoms in total. The van der Waals surface area contributed by atoms with Crippen LogP contribution in [0.3, 0.4) is 0 Å². The maximum Gasteiger partial charge on any atom is 0.319 e. The van der Waals surface area contributed by atoms with Crippen LogP contribution in [-0.2, 0) is 14.3 Å². The third-order valence-corrected chi connectivity index (χ3v) is 3.27. The Hall–Kier alpha value is -1.49. The van der Waals surface area contributed by atoms with Gasteiger partial charge in [0.05, 0.1) is 0 Å². The van der Waals surface area contributed by atoms with Gasteiger partial charge in [0.15, 0.2) is 6.61 Å². The number of carbonyl (C=O) groups is 2. The Bertz CT molecular complexity index is 420. The summed E-state index contributed by atoms with van der Waals surface area (Å²) in [6, 6.07) is 9.65. The van der Waals surface area contributed by atoms with Crippen LogP contribution in [0.5, 0.6) is 0 Å². The molecule has 1 N–H and O–H groups in total. The molecule has 1 rings (SSSR count). The lowest BCUT2D eigenvalue weighted by molar-refractivity contribution is -0.147. The lowest BCUT2D eigenvalue weighted by Gasteiger charge is -2.12. The van der Waals surface area contributed by atoms with Gasteiger partial charge in [-0.3, -0.25) is 9.59 Å². The molecule has 0 saturated carbocycles. The van der Waals surface area contributed by atoms with E-state index in [-0.39, 0.29) is 29.8 Å². The molecule has 0 bridgehead atoms. The highest BCUT2D eigenvalue weighted by molar-refractivity contribution is 8.00. The van der Waals surface area contributed by atoms with Crippen LogP contribution in [-0.4, -0.2) is 29.8 Å². The molecule has 5 heteroatoms. The minimum Gasteiger partial charge on any atom is -0.455 e. The van der Waals surface area contributed by atoms with Crippen LogP contribution in [0.2, 0.25) is 0 Å². The second kappa shape index (κ2) is 7.84. The summed E-state index contributed by atoms with van der Waals surface area (Å²) in [6.07, 6.45) is 0. The van der Waals surface area contributed by atoms with Crippen molar-refractivity contribution in [3.63, 3.8) is 0 Å². The molecule has 0 unspecified atom stereocenters. The van der Waals surface area contributed by atoms with Crippen molar-refractivity contribution in [3.05, 3.63) is 30.3 Å². The fourth-order valence-electron chi connectivity index (χ4n) is 1.37. The largest absolute Gasteiger partial charge is 0.455 e. The fourth-order valence-corrected chi connectivity index (χ4v) is 2.26. The van der Waals surface area contributed by atoms with Crippen LogP contribution in [0.4, 0.5) is 0 Å². The molecule has 0 saturated heterocycles. The van der Waals surface area contributed by atoms with E-state index in [1.54, 1.807) is 6.92 Å². The number of benzene rings is 1. The van der Waals surface area contributed by atoms with Crippen molar-refractivity contribution >= 4 is 23.6 Å². The number of esters is 1. The van der Waals surface area contributed by atoms with Crippen molar-refractivity contribution < 1.29 is 14.3 Å². The minimum atomic E-state index is -0.382. The molecular weight excluding hydrogens is 262 g/mol. The zero-order valence-corrected chi connectivity index (χ0v) is 12.2. The molecule has 1 atom stereocenters. The standard InChI is InChI=1S/C14H19NO3S/c1-10(2)15-13(16)9-18-14(17)11(3)19-12-7-5-4-6-8-12/h4-8,10-11H,9H2,1-3H3,(H,15,16)/t11-/m1/s1. The molecule has 19 heavy (non-hydrogen) atoms. The SMILES string of the molecule is CC(C)NC(=O)COC(=O)[C@@H](C)Sc1ccccc1. The number of thioether (sulfide) groups is 1. The number of ether oxygens (including phenoxy) is 1. The number of hydrogen-bond donors (Lipinski definition) is 1. The maximum atomic E-state index is 11.7. The van der Waals surface area contributed by atoms with Gasteiger partial charge in [-0.2, -0.15) is 0 Å². The lowest BCUT2D eigenvalue weighted by Crippen LogP contribution is -2.34. The summed E-state index contributed by atoms with van der Waals surface area (Å²) in [5.41, 5.74) is 0. The first kappa shape index (κ1) is 15.6. The van der Waals surface area contributed by atoms with Crippen molar-refractivity contribution in [2.24, 2.45) is 0 Å². The molecular formula is C14H19NO3S. The van der Waals surface area contributed by atoms with E-state index in [1.165, 1.54) is 11.8 Å². The highest BCUT2D eigenvalue weighted by Gasteiger charge is 2.17. The topological polar surface area (TPSA) is 55.4 Å². The summed E-state index contributed by atoms with van der Waals surface area (Å²) in [5.74, 6) is -0.659. The van der Waals surface area contributed by atoms with Crippen LogP contribution in [0.15, 0.2) is 35.2 Å². The van der Waals surface area contributed by atoms with Gasteiger partial charge in [-0.05, 0) is 32.9 Å². The molecule has 1 amide bonds. The Morgan fingerprint density at radius 1 is 1.21 bits per heavy atom. The Balaban J connectivity index is 2.35. The molecule has 0 aliphatic carbocycles. The normalized spacial score (nSPS) is 12.0. The zero-order chi connectivity index (χ0) is 14.3. The smallest absolute Gasteiger partial charge is 0.319 e. The van der Waals surface area contributed by atoms with Crippen LogP contribution in [0.1, 0.15) is 20.8 Å². The minimum absolute atomic E-state index is 0.0438. The van der Waals surface area contributed by atoms with Crippen LogP contribution < -0.4 is 5.32 Å². The van der Waals surface area contributed by atoms with E-state index in [2.05, 4.69) is 5.32 Å². The molecule has 0 fully saturated rings. The number of hydrogen-bond acceptors (Lipinski definition) is 4. The highest BCUT2D eigenvalue weighted by atomic mass is 32.2. The molecule has 0 aliphatic heterocycles. The first-order valence-electron chi connectivity index (χ1n) is 6.16. The Kier molecular flexibility index (Phi) is 6.42. The first-order chi connectivity index (χ1) is 8.99. The predicted octanol–water partition coefficient (Wildman–Crippen LogP) is 2.24. The van der Waals surface area contributed by atoms with Crippen molar-refractivity contribution in [1.82, 2.24) is 5.32 Å². The monoisotopic (exact) mass is 281 g/mol. The van der Waals surface area contributed by atoms with E-state index in [9.17, 15) is 9.59 Å². The molecule has 1 aromatic rings. The van der Waals surface area contributed by atoms with Gasteiger partial charge in [0.1, 0.15) is 5.25 Å². The molecule has 0 aliphatic rings. The summed E-state index contributed by atoms with van der Waals surface area (Å²) < 4.78 is 4.97. The molecule has 0 aromatic heterocycles. The van der Waals surface area contributed by atoms with Gasteiger partial charge in [0, 0.05) is 10.9 Å². The number of nitrogens with one attached hydrogen (secondary N) is 1. The maximum absolute atomic E-state index is 11.7. The summed E-state index contributed by atoms with van der Waals surface area (Å²) in [5, 5.41) is 2.33. The van der Waals surface area contributed by atoms with Gasteiger partial charge in [0.25, 0.3) is 5.91 Å². The van der Waals surface area contributed by atoms with Crippen LogP contribution in [0.25, 0.3) is 0 Å². The van der Waals surface area contributed by atoms with Gasteiger partial charge in [-0.25, -0.2) is 0 Å². The highest BCUT2D eigenvalue weighted by Crippen LogP contribution is 2.23. The molecule has 104 valence electrons. The van der Waals surface area contributed by atoms with Gasteiger partial charge >= 0.3 is 5.97 Å². The quantitative estimate of drug-likeness (QED) is 0.642. The van der Waals surface area contributed by atoms with E-state index in [0.717, 1.165) is 4.90 Å².